The number of thiazole rings is 1. The van der Waals surface area contributed by atoms with Crippen LogP contribution in [0.1, 0.15) is 35.1 Å². The number of hydrogen-bond acceptors (Lipinski definition) is 7. The average Bonchev–Trinajstić information content (AvgIpc) is 3.29. The lowest BCUT2D eigenvalue weighted by molar-refractivity contribution is -0.115. The summed E-state index contributed by atoms with van der Waals surface area (Å²) >= 11 is 2.88. The highest BCUT2D eigenvalue weighted by Gasteiger charge is 2.11. The second-order valence-corrected chi connectivity index (χ2v) is 7.60. The molecule has 26 heavy (non-hydrogen) atoms. The van der Waals surface area contributed by atoms with Gasteiger partial charge in [-0.05, 0) is 30.5 Å². The average molecular weight is 389 g/mol. The molecule has 0 atom stereocenters. The topological polar surface area (TPSA) is 77.0 Å². The third-order valence-corrected chi connectivity index (χ3v) is 5.50. The maximum absolute atomic E-state index is 12.1. The Morgan fingerprint density at radius 2 is 1.92 bits per heavy atom. The SMILES string of the molecule is CCc1ccc(OCc2nc(CC(=O)Nc3nnc(CC)s3)cs2)cc1. The van der Waals surface area contributed by atoms with Gasteiger partial charge in [0.2, 0.25) is 11.0 Å². The molecule has 2 heterocycles. The van der Waals surface area contributed by atoms with Crippen molar-refractivity contribution in [2.75, 3.05) is 5.32 Å². The van der Waals surface area contributed by atoms with E-state index in [2.05, 4.69) is 39.6 Å². The van der Waals surface area contributed by atoms with Gasteiger partial charge in [0.15, 0.2) is 0 Å². The van der Waals surface area contributed by atoms with E-state index in [1.54, 1.807) is 0 Å². The van der Waals surface area contributed by atoms with Crippen LogP contribution in [0.2, 0.25) is 0 Å². The Morgan fingerprint density at radius 3 is 2.62 bits per heavy atom. The molecule has 1 N–H and O–H groups in total. The molecule has 0 radical (unpaired) electrons. The van der Waals surface area contributed by atoms with E-state index in [0.29, 0.717) is 11.7 Å². The highest BCUT2D eigenvalue weighted by Crippen LogP contribution is 2.18. The van der Waals surface area contributed by atoms with Gasteiger partial charge >= 0.3 is 0 Å². The Kier molecular flexibility index (Phi) is 6.30. The van der Waals surface area contributed by atoms with Crippen LogP contribution in [-0.4, -0.2) is 21.1 Å². The minimum absolute atomic E-state index is 0.142. The first-order valence-electron chi connectivity index (χ1n) is 8.43. The normalized spacial score (nSPS) is 10.7. The van der Waals surface area contributed by atoms with E-state index in [9.17, 15) is 4.79 Å². The van der Waals surface area contributed by atoms with Crippen molar-refractivity contribution in [2.24, 2.45) is 0 Å². The van der Waals surface area contributed by atoms with Crippen molar-refractivity contribution >= 4 is 33.7 Å². The Hall–Kier alpha value is -2.32. The number of anilines is 1. The minimum Gasteiger partial charge on any atom is -0.486 e. The Labute approximate surface area is 160 Å². The van der Waals surface area contributed by atoms with Crippen LogP contribution >= 0.6 is 22.7 Å². The maximum atomic E-state index is 12.1. The summed E-state index contributed by atoms with van der Waals surface area (Å²) < 4.78 is 5.75. The smallest absolute Gasteiger partial charge is 0.232 e. The van der Waals surface area contributed by atoms with Gasteiger partial charge in [-0.2, -0.15) is 0 Å². The zero-order valence-corrected chi connectivity index (χ0v) is 16.3. The summed E-state index contributed by atoms with van der Waals surface area (Å²) in [5, 5.41) is 14.9. The highest BCUT2D eigenvalue weighted by atomic mass is 32.1. The van der Waals surface area contributed by atoms with Crippen LogP contribution in [0.15, 0.2) is 29.6 Å². The monoisotopic (exact) mass is 388 g/mol. The van der Waals surface area contributed by atoms with Gasteiger partial charge in [-0.3, -0.25) is 4.79 Å². The fraction of sp³-hybridized carbons (Fsp3) is 0.333. The molecule has 136 valence electrons. The molecule has 0 spiro atoms. The van der Waals surface area contributed by atoms with Gasteiger partial charge in [-0.25, -0.2) is 4.98 Å². The van der Waals surface area contributed by atoms with Crippen LogP contribution < -0.4 is 10.1 Å². The predicted octanol–water partition coefficient (Wildman–Crippen LogP) is 3.88. The molecule has 0 aliphatic rings. The second-order valence-electron chi connectivity index (χ2n) is 5.60. The molecule has 0 saturated carbocycles. The van der Waals surface area contributed by atoms with Crippen molar-refractivity contribution in [2.45, 2.75) is 39.7 Å². The summed E-state index contributed by atoms with van der Waals surface area (Å²) in [6, 6.07) is 8.05. The molecule has 0 fully saturated rings. The van der Waals surface area contributed by atoms with E-state index in [0.717, 1.165) is 34.3 Å². The molecule has 1 amide bonds. The third-order valence-electron chi connectivity index (χ3n) is 3.65. The first kappa shape index (κ1) is 18.5. The largest absolute Gasteiger partial charge is 0.486 e. The van der Waals surface area contributed by atoms with E-state index in [1.807, 2.05) is 24.4 Å². The molecule has 0 aliphatic carbocycles. The van der Waals surface area contributed by atoms with Crippen molar-refractivity contribution in [1.29, 1.82) is 0 Å². The van der Waals surface area contributed by atoms with Gasteiger partial charge in [-0.1, -0.05) is 37.3 Å². The van der Waals surface area contributed by atoms with Crippen LogP contribution in [0, 0.1) is 0 Å². The Morgan fingerprint density at radius 1 is 1.12 bits per heavy atom. The summed E-state index contributed by atoms with van der Waals surface area (Å²) in [5.74, 6) is 0.677. The number of ether oxygens (including phenoxy) is 1. The number of carbonyl (C=O) groups is 1. The Balaban J connectivity index is 1.49. The van der Waals surface area contributed by atoms with Gasteiger partial charge in [0.25, 0.3) is 0 Å². The highest BCUT2D eigenvalue weighted by molar-refractivity contribution is 7.15. The lowest BCUT2D eigenvalue weighted by Gasteiger charge is -2.04. The summed E-state index contributed by atoms with van der Waals surface area (Å²) in [6.07, 6.45) is 2.03. The van der Waals surface area contributed by atoms with E-state index in [1.165, 1.54) is 28.2 Å². The lowest BCUT2D eigenvalue weighted by Crippen LogP contribution is -2.14. The number of amides is 1. The Bertz CT molecular complexity index is 858. The lowest BCUT2D eigenvalue weighted by atomic mass is 10.2. The van der Waals surface area contributed by atoms with Crippen LogP contribution in [0.4, 0.5) is 5.13 Å². The minimum atomic E-state index is -0.142. The zero-order valence-electron chi connectivity index (χ0n) is 14.7. The number of benzene rings is 1. The van der Waals surface area contributed by atoms with Crippen molar-refractivity contribution in [1.82, 2.24) is 15.2 Å². The molecule has 6 nitrogen and oxygen atoms in total. The van der Waals surface area contributed by atoms with Crippen LogP contribution in [0.5, 0.6) is 5.75 Å². The molecule has 0 unspecified atom stereocenters. The number of nitrogens with zero attached hydrogens (tertiary/aromatic N) is 3. The van der Waals surface area contributed by atoms with Gasteiger partial charge in [-0.15, -0.1) is 21.5 Å². The summed E-state index contributed by atoms with van der Waals surface area (Å²) in [5.41, 5.74) is 2.01. The van der Waals surface area contributed by atoms with Crippen molar-refractivity contribution in [3.63, 3.8) is 0 Å². The van der Waals surface area contributed by atoms with Crippen molar-refractivity contribution in [3.05, 3.63) is 50.9 Å². The molecule has 3 rings (SSSR count). The van der Waals surface area contributed by atoms with E-state index < -0.39 is 0 Å². The molecule has 2 aromatic heterocycles. The van der Waals surface area contributed by atoms with Crippen LogP contribution in [-0.2, 0) is 30.7 Å². The van der Waals surface area contributed by atoms with Gasteiger partial charge < -0.3 is 10.1 Å². The van der Waals surface area contributed by atoms with Gasteiger partial charge in [0.1, 0.15) is 22.4 Å². The van der Waals surface area contributed by atoms with E-state index >= 15 is 0 Å². The number of nitrogens with one attached hydrogen (secondary N) is 1. The number of hydrogen-bond donors (Lipinski definition) is 1. The summed E-state index contributed by atoms with van der Waals surface area (Å²) in [4.78, 5) is 16.6. The molecule has 0 saturated heterocycles. The number of aromatic nitrogens is 3. The second kappa shape index (κ2) is 8.86. The van der Waals surface area contributed by atoms with Crippen LogP contribution in [0.3, 0.4) is 0 Å². The maximum Gasteiger partial charge on any atom is 0.232 e. The van der Waals surface area contributed by atoms with Crippen LogP contribution in [0.25, 0.3) is 0 Å². The standard InChI is InChI=1S/C18H20N4O2S2/c1-3-12-5-7-14(8-6-12)24-10-17-19-13(11-25-17)9-15(23)20-18-22-21-16(4-2)26-18/h5-8,11H,3-4,9-10H2,1-2H3,(H,20,22,23). The molecule has 1 aromatic carbocycles. The van der Waals surface area contributed by atoms with E-state index in [4.69, 9.17) is 4.74 Å². The molecule has 0 aliphatic heterocycles. The zero-order chi connectivity index (χ0) is 18.4. The first-order chi connectivity index (χ1) is 12.7. The first-order valence-corrected chi connectivity index (χ1v) is 10.1. The molecular weight excluding hydrogens is 368 g/mol. The fourth-order valence-electron chi connectivity index (χ4n) is 2.24. The van der Waals surface area contributed by atoms with Crippen molar-refractivity contribution in [3.8, 4) is 5.75 Å². The van der Waals surface area contributed by atoms with E-state index in [-0.39, 0.29) is 12.3 Å². The summed E-state index contributed by atoms with van der Waals surface area (Å²) in [7, 11) is 0. The third kappa shape index (κ3) is 5.09. The molecule has 3 aromatic rings. The van der Waals surface area contributed by atoms with Crippen molar-refractivity contribution < 1.29 is 9.53 Å². The molecular formula is C18H20N4O2S2. The summed E-state index contributed by atoms with van der Waals surface area (Å²) in [6.45, 7) is 4.52. The van der Waals surface area contributed by atoms with Gasteiger partial charge in [0, 0.05) is 5.38 Å². The van der Waals surface area contributed by atoms with Gasteiger partial charge in [0.05, 0.1) is 12.1 Å². The number of carbonyl (C=O) groups excluding carboxylic acids is 1. The predicted molar refractivity (Wildman–Crippen MR) is 104 cm³/mol. The molecule has 8 heteroatoms. The quantitative estimate of drug-likeness (QED) is 0.634. The fourth-order valence-corrected chi connectivity index (χ4v) is 3.64. The number of aryl methyl sites for hydroxylation is 2. The number of rotatable bonds is 8. The molecule has 0 bridgehead atoms.